The summed E-state index contributed by atoms with van der Waals surface area (Å²) in [6.07, 6.45) is 2.45. The summed E-state index contributed by atoms with van der Waals surface area (Å²) in [5, 5.41) is 0. The average Bonchev–Trinajstić information content (AvgIpc) is 3.26. The van der Waals surface area contributed by atoms with Gasteiger partial charge in [-0.3, -0.25) is 0 Å². The van der Waals surface area contributed by atoms with Gasteiger partial charge in [-0.2, -0.15) is 0 Å². The van der Waals surface area contributed by atoms with Crippen LogP contribution in [0, 0.1) is 0 Å². The van der Waals surface area contributed by atoms with Gasteiger partial charge in [-0.1, -0.05) is 54.6 Å². The Morgan fingerprint density at radius 2 is 1.26 bits per heavy atom. The first-order valence-corrected chi connectivity index (χ1v) is 10.8. The second-order valence-corrected chi connectivity index (χ2v) is 7.96. The molecule has 4 nitrogen and oxygen atoms in total. The summed E-state index contributed by atoms with van der Waals surface area (Å²) in [5.74, 6) is 1.63. The lowest BCUT2D eigenvalue weighted by atomic mass is 9.80. The lowest BCUT2D eigenvalue weighted by molar-refractivity contribution is -0.0586. The lowest BCUT2D eigenvalue weighted by Gasteiger charge is -2.37. The molecular formula is C27H30O4. The Labute approximate surface area is 184 Å². The van der Waals surface area contributed by atoms with Crippen molar-refractivity contribution in [1.29, 1.82) is 0 Å². The van der Waals surface area contributed by atoms with Gasteiger partial charge in [-0.25, -0.2) is 0 Å². The van der Waals surface area contributed by atoms with Crippen molar-refractivity contribution in [3.05, 3.63) is 95.6 Å². The van der Waals surface area contributed by atoms with Crippen LogP contribution in [0.5, 0.6) is 11.5 Å². The van der Waals surface area contributed by atoms with Crippen molar-refractivity contribution in [2.24, 2.45) is 0 Å². The maximum Gasteiger partial charge on any atom is 0.143 e. The van der Waals surface area contributed by atoms with Gasteiger partial charge in [0.15, 0.2) is 0 Å². The summed E-state index contributed by atoms with van der Waals surface area (Å²) in [7, 11) is 3.36. The van der Waals surface area contributed by atoms with Crippen LogP contribution >= 0.6 is 0 Å². The highest BCUT2D eigenvalue weighted by atomic mass is 16.6. The fraction of sp³-hybridized carbons (Fsp3) is 0.333. The van der Waals surface area contributed by atoms with Crippen LogP contribution in [0.15, 0.2) is 78.9 Å². The molecule has 1 fully saturated rings. The van der Waals surface area contributed by atoms with Crippen LogP contribution in [-0.2, 0) is 15.1 Å². The van der Waals surface area contributed by atoms with Crippen LogP contribution in [0.2, 0.25) is 0 Å². The summed E-state index contributed by atoms with van der Waals surface area (Å²) in [4.78, 5) is 0. The molecule has 1 heterocycles. The summed E-state index contributed by atoms with van der Waals surface area (Å²) in [5.41, 5.74) is 2.36. The Morgan fingerprint density at radius 1 is 0.742 bits per heavy atom. The van der Waals surface area contributed by atoms with E-state index in [1.54, 1.807) is 14.2 Å². The molecule has 1 aliphatic rings. The summed E-state index contributed by atoms with van der Waals surface area (Å²) in [6.45, 7) is 2.63. The SMILES string of the molecule is COc1ccc(C(OCC2CCC(C)O2)(c2ccccc2)c2ccc(OC)cc2)cc1. The quantitative estimate of drug-likeness (QED) is 0.448. The van der Waals surface area contributed by atoms with Gasteiger partial charge in [0, 0.05) is 0 Å². The zero-order valence-electron chi connectivity index (χ0n) is 18.4. The molecular weight excluding hydrogens is 388 g/mol. The molecule has 0 aromatic heterocycles. The third-order valence-electron chi connectivity index (χ3n) is 5.98. The summed E-state index contributed by atoms with van der Waals surface area (Å²) in [6, 6.07) is 26.6. The van der Waals surface area contributed by atoms with Gasteiger partial charge in [0.25, 0.3) is 0 Å². The Bertz CT molecular complexity index is 903. The Balaban J connectivity index is 1.83. The van der Waals surface area contributed by atoms with Gasteiger partial charge in [-0.15, -0.1) is 0 Å². The summed E-state index contributed by atoms with van der Waals surface area (Å²) < 4.78 is 23.7. The minimum atomic E-state index is -0.783. The van der Waals surface area contributed by atoms with Crippen molar-refractivity contribution in [1.82, 2.24) is 0 Å². The molecule has 0 radical (unpaired) electrons. The van der Waals surface area contributed by atoms with E-state index in [2.05, 4.69) is 55.5 Å². The number of hydrogen-bond donors (Lipinski definition) is 0. The van der Waals surface area contributed by atoms with E-state index in [0.29, 0.717) is 6.61 Å². The molecule has 2 unspecified atom stereocenters. The zero-order valence-corrected chi connectivity index (χ0v) is 18.4. The van der Waals surface area contributed by atoms with E-state index >= 15 is 0 Å². The second kappa shape index (κ2) is 9.54. The van der Waals surface area contributed by atoms with Gasteiger partial charge in [0.05, 0.1) is 33.0 Å². The first-order valence-electron chi connectivity index (χ1n) is 10.8. The van der Waals surface area contributed by atoms with E-state index in [0.717, 1.165) is 41.0 Å². The molecule has 0 bridgehead atoms. The van der Waals surface area contributed by atoms with E-state index in [-0.39, 0.29) is 12.2 Å². The van der Waals surface area contributed by atoms with Crippen molar-refractivity contribution in [2.75, 3.05) is 20.8 Å². The van der Waals surface area contributed by atoms with E-state index in [9.17, 15) is 0 Å². The van der Waals surface area contributed by atoms with Crippen molar-refractivity contribution in [2.45, 2.75) is 37.6 Å². The zero-order chi connectivity index (χ0) is 21.7. The van der Waals surface area contributed by atoms with Crippen LogP contribution in [0.1, 0.15) is 36.5 Å². The van der Waals surface area contributed by atoms with Crippen molar-refractivity contribution in [3.63, 3.8) is 0 Å². The smallest absolute Gasteiger partial charge is 0.143 e. The van der Waals surface area contributed by atoms with Crippen LogP contribution < -0.4 is 9.47 Å². The number of benzene rings is 3. The molecule has 3 aromatic carbocycles. The number of methoxy groups -OCH3 is 2. The van der Waals surface area contributed by atoms with Gasteiger partial charge in [0.1, 0.15) is 17.1 Å². The third kappa shape index (κ3) is 4.46. The third-order valence-corrected chi connectivity index (χ3v) is 5.98. The molecule has 1 saturated heterocycles. The highest BCUT2D eigenvalue weighted by Crippen LogP contribution is 2.42. The second-order valence-electron chi connectivity index (χ2n) is 7.96. The Kier molecular flexibility index (Phi) is 6.59. The van der Waals surface area contributed by atoms with Gasteiger partial charge >= 0.3 is 0 Å². The van der Waals surface area contributed by atoms with Gasteiger partial charge in [-0.05, 0) is 60.7 Å². The minimum Gasteiger partial charge on any atom is -0.497 e. The maximum atomic E-state index is 6.86. The molecule has 162 valence electrons. The molecule has 0 spiro atoms. The number of hydrogen-bond acceptors (Lipinski definition) is 4. The normalized spacial score (nSPS) is 18.7. The molecule has 4 rings (SSSR count). The summed E-state index contributed by atoms with van der Waals surface area (Å²) >= 11 is 0. The molecule has 3 aromatic rings. The Morgan fingerprint density at radius 3 is 1.71 bits per heavy atom. The minimum absolute atomic E-state index is 0.0922. The molecule has 0 amide bonds. The monoisotopic (exact) mass is 418 g/mol. The van der Waals surface area contributed by atoms with Crippen LogP contribution in [-0.4, -0.2) is 33.0 Å². The largest absolute Gasteiger partial charge is 0.497 e. The van der Waals surface area contributed by atoms with Crippen LogP contribution in [0.25, 0.3) is 0 Å². The number of ether oxygens (including phenoxy) is 4. The van der Waals surface area contributed by atoms with Crippen molar-refractivity contribution < 1.29 is 18.9 Å². The highest BCUT2D eigenvalue weighted by Gasteiger charge is 2.39. The molecule has 31 heavy (non-hydrogen) atoms. The van der Waals surface area contributed by atoms with E-state index < -0.39 is 5.60 Å². The Hall–Kier alpha value is -2.82. The van der Waals surface area contributed by atoms with Crippen molar-refractivity contribution in [3.8, 4) is 11.5 Å². The van der Waals surface area contributed by atoms with E-state index in [4.69, 9.17) is 18.9 Å². The molecule has 0 aliphatic carbocycles. The molecule has 1 aliphatic heterocycles. The highest BCUT2D eigenvalue weighted by molar-refractivity contribution is 5.49. The fourth-order valence-corrected chi connectivity index (χ4v) is 4.30. The first kappa shape index (κ1) is 21.4. The fourth-order valence-electron chi connectivity index (χ4n) is 4.30. The van der Waals surface area contributed by atoms with E-state index in [1.165, 1.54) is 0 Å². The lowest BCUT2D eigenvalue weighted by Crippen LogP contribution is -2.35. The van der Waals surface area contributed by atoms with Crippen molar-refractivity contribution >= 4 is 0 Å². The number of rotatable bonds is 8. The van der Waals surface area contributed by atoms with Crippen LogP contribution in [0.3, 0.4) is 0 Å². The standard InChI is InChI=1S/C27H30O4/c1-20-9-14-26(31-20)19-30-27(21-7-5-4-6-8-21,22-10-15-24(28-2)16-11-22)23-12-17-25(29-3)18-13-23/h4-8,10-13,15-18,20,26H,9,14,19H2,1-3H3. The van der Waals surface area contributed by atoms with Gasteiger partial charge < -0.3 is 18.9 Å². The van der Waals surface area contributed by atoms with Crippen LogP contribution in [0.4, 0.5) is 0 Å². The van der Waals surface area contributed by atoms with E-state index in [1.807, 2.05) is 30.3 Å². The molecule has 0 saturated carbocycles. The molecule has 0 N–H and O–H groups in total. The first-order chi connectivity index (χ1) is 15.2. The topological polar surface area (TPSA) is 36.9 Å². The van der Waals surface area contributed by atoms with Gasteiger partial charge in [0.2, 0.25) is 0 Å². The average molecular weight is 419 g/mol. The predicted octanol–water partition coefficient (Wildman–Crippen LogP) is 5.58. The predicted molar refractivity (Wildman–Crippen MR) is 122 cm³/mol. The maximum absolute atomic E-state index is 6.86. The molecule has 4 heteroatoms. The molecule has 2 atom stereocenters.